The number of Topliss-reactive ketones (excluding diaryl/α,β-unsaturated/α-hetero) is 1. The second-order valence-electron chi connectivity index (χ2n) is 4.72. The van der Waals surface area contributed by atoms with Crippen molar-refractivity contribution >= 4 is 21.7 Å². The summed E-state index contributed by atoms with van der Waals surface area (Å²) in [6.07, 6.45) is 0.00423. The van der Waals surface area contributed by atoms with Gasteiger partial charge in [0.15, 0.2) is 5.78 Å². The lowest BCUT2D eigenvalue weighted by molar-refractivity contribution is 0.00497. The van der Waals surface area contributed by atoms with E-state index in [2.05, 4.69) is 15.9 Å². The van der Waals surface area contributed by atoms with Gasteiger partial charge in [0.1, 0.15) is 5.82 Å². The minimum absolute atomic E-state index is 0.0532. The Balaban J connectivity index is 2.06. The Kier molecular flexibility index (Phi) is 3.80. The summed E-state index contributed by atoms with van der Waals surface area (Å²) in [7, 11) is 0. The van der Waals surface area contributed by atoms with Crippen LogP contribution in [0.3, 0.4) is 0 Å². The number of carbonyl (C=O) groups excluding carboxylic acids is 1. The Hall–Kier alpha value is -0.840. The molecule has 0 aromatic heterocycles. The van der Waals surface area contributed by atoms with E-state index in [1.54, 1.807) is 0 Å². The van der Waals surface area contributed by atoms with Crippen LogP contribution in [0, 0.1) is 11.7 Å². The maximum atomic E-state index is 13.1. The summed E-state index contributed by atoms with van der Waals surface area (Å²) in [5.41, 5.74) is 0.227. The van der Waals surface area contributed by atoms with Gasteiger partial charge in [-0.05, 0) is 30.5 Å². The third-order valence-electron chi connectivity index (χ3n) is 3.21. The standard InChI is InChI=1S/C13H12BrF3O/c14-11-2-1-9(15)6-10(11)12(18)5-8-3-4-13(16,17)7-8/h1-2,6,8H,3-5,7H2. The largest absolute Gasteiger partial charge is 0.294 e. The van der Waals surface area contributed by atoms with Gasteiger partial charge in [-0.15, -0.1) is 0 Å². The molecule has 18 heavy (non-hydrogen) atoms. The van der Waals surface area contributed by atoms with Crippen molar-refractivity contribution < 1.29 is 18.0 Å². The first kappa shape index (κ1) is 13.6. The lowest BCUT2D eigenvalue weighted by atomic mass is 9.97. The van der Waals surface area contributed by atoms with Crippen molar-refractivity contribution in [2.45, 2.75) is 31.6 Å². The highest BCUT2D eigenvalue weighted by Crippen LogP contribution is 2.41. The second-order valence-corrected chi connectivity index (χ2v) is 5.57. The number of hydrogen-bond donors (Lipinski definition) is 0. The van der Waals surface area contributed by atoms with E-state index >= 15 is 0 Å². The maximum Gasteiger partial charge on any atom is 0.248 e. The summed E-state index contributed by atoms with van der Waals surface area (Å²) >= 11 is 3.17. The monoisotopic (exact) mass is 320 g/mol. The Morgan fingerprint density at radius 1 is 1.44 bits per heavy atom. The van der Waals surface area contributed by atoms with Crippen molar-refractivity contribution in [2.75, 3.05) is 0 Å². The average Bonchev–Trinajstić information content (AvgIpc) is 2.61. The Bertz CT molecular complexity index is 473. The number of ketones is 1. The van der Waals surface area contributed by atoms with Gasteiger partial charge in [-0.3, -0.25) is 4.79 Å². The van der Waals surface area contributed by atoms with Crippen LogP contribution in [-0.4, -0.2) is 11.7 Å². The fourth-order valence-corrected chi connectivity index (χ4v) is 2.77. The van der Waals surface area contributed by atoms with Crippen LogP contribution in [0.5, 0.6) is 0 Å². The van der Waals surface area contributed by atoms with Crippen molar-refractivity contribution in [2.24, 2.45) is 5.92 Å². The number of hydrogen-bond acceptors (Lipinski definition) is 1. The molecular weight excluding hydrogens is 309 g/mol. The van der Waals surface area contributed by atoms with Crippen LogP contribution < -0.4 is 0 Å². The highest BCUT2D eigenvalue weighted by molar-refractivity contribution is 9.10. The molecule has 1 aromatic rings. The molecule has 1 fully saturated rings. The lowest BCUT2D eigenvalue weighted by Gasteiger charge is -2.10. The second kappa shape index (κ2) is 5.03. The quantitative estimate of drug-likeness (QED) is 0.744. The molecule has 0 N–H and O–H groups in total. The summed E-state index contributed by atoms with van der Waals surface area (Å²) in [6.45, 7) is 0. The third kappa shape index (κ3) is 3.13. The molecule has 5 heteroatoms. The highest BCUT2D eigenvalue weighted by atomic mass is 79.9. The molecule has 1 saturated carbocycles. The van der Waals surface area contributed by atoms with Crippen molar-refractivity contribution in [3.63, 3.8) is 0 Å². The fourth-order valence-electron chi connectivity index (χ4n) is 2.30. The molecule has 98 valence electrons. The number of alkyl halides is 2. The highest BCUT2D eigenvalue weighted by Gasteiger charge is 2.40. The van der Waals surface area contributed by atoms with Crippen molar-refractivity contribution in [3.8, 4) is 0 Å². The van der Waals surface area contributed by atoms with E-state index in [4.69, 9.17) is 0 Å². The van der Waals surface area contributed by atoms with Crippen LogP contribution in [0.2, 0.25) is 0 Å². The topological polar surface area (TPSA) is 17.1 Å². The van der Waals surface area contributed by atoms with Gasteiger partial charge < -0.3 is 0 Å². The summed E-state index contributed by atoms with van der Waals surface area (Å²) in [5.74, 6) is -3.74. The predicted molar refractivity (Wildman–Crippen MR) is 65.3 cm³/mol. The molecule has 2 rings (SSSR count). The van der Waals surface area contributed by atoms with Gasteiger partial charge >= 0.3 is 0 Å². The first-order chi connectivity index (χ1) is 8.37. The molecule has 0 radical (unpaired) electrons. The first-order valence-corrected chi connectivity index (χ1v) is 6.53. The summed E-state index contributed by atoms with van der Waals surface area (Å²) in [5, 5.41) is 0. The molecular formula is C13H12BrF3O. The lowest BCUT2D eigenvalue weighted by Crippen LogP contribution is -2.12. The predicted octanol–water partition coefficient (Wildman–Crippen LogP) is 4.60. The molecule has 0 saturated heterocycles. The molecule has 0 aliphatic heterocycles. The molecule has 0 spiro atoms. The SMILES string of the molecule is O=C(CC1CCC(F)(F)C1)c1cc(F)ccc1Br. The van der Waals surface area contributed by atoms with Gasteiger partial charge in [-0.25, -0.2) is 13.2 Å². The van der Waals surface area contributed by atoms with Crippen LogP contribution in [0.25, 0.3) is 0 Å². The molecule has 1 nitrogen and oxygen atoms in total. The van der Waals surface area contributed by atoms with E-state index in [0.717, 1.165) is 6.07 Å². The maximum absolute atomic E-state index is 13.1. The van der Waals surface area contributed by atoms with Crippen molar-refractivity contribution in [3.05, 3.63) is 34.1 Å². The number of benzene rings is 1. The molecule has 0 bridgehead atoms. The summed E-state index contributed by atoms with van der Waals surface area (Å²) in [4.78, 5) is 11.9. The molecule has 0 amide bonds. The minimum Gasteiger partial charge on any atom is -0.294 e. The zero-order valence-electron chi connectivity index (χ0n) is 9.56. The number of carbonyl (C=O) groups is 1. The van der Waals surface area contributed by atoms with Crippen LogP contribution in [0.1, 0.15) is 36.0 Å². The molecule has 1 aliphatic carbocycles. The molecule has 1 unspecified atom stereocenters. The average molecular weight is 321 g/mol. The minimum atomic E-state index is -2.65. The summed E-state index contributed by atoms with van der Waals surface area (Å²) < 4.78 is 39.6. The van der Waals surface area contributed by atoms with Gasteiger partial charge in [0, 0.05) is 29.3 Å². The van der Waals surface area contributed by atoms with E-state index in [9.17, 15) is 18.0 Å². The van der Waals surface area contributed by atoms with Crippen LogP contribution in [0.15, 0.2) is 22.7 Å². The smallest absolute Gasteiger partial charge is 0.248 e. The van der Waals surface area contributed by atoms with Crippen LogP contribution in [0.4, 0.5) is 13.2 Å². The van der Waals surface area contributed by atoms with Crippen LogP contribution in [-0.2, 0) is 0 Å². The summed E-state index contributed by atoms with van der Waals surface area (Å²) in [6, 6.07) is 3.83. The van der Waals surface area contributed by atoms with Gasteiger partial charge in [0.2, 0.25) is 5.92 Å². The Morgan fingerprint density at radius 3 is 2.78 bits per heavy atom. The molecule has 0 heterocycles. The van der Waals surface area contributed by atoms with E-state index in [0.29, 0.717) is 10.9 Å². The molecule has 1 aromatic carbocycles. The zero-order valence-corrected chi connectivity index (χ0v) is 11.1. The van der Waals surface area contributed by atoms with Gasteiger partial charge in [0.25, 0.3) is 0 Å². The van der Waals surface area contributed by atoms with Gasteiger partial charge in [-0.2, -0.15) is 0 Å². The fraction of sp³-hybridized carbons (Fsp3) is 0.462. The third-order valence-corrected chi connectivity index (χ3v) is 3.90. The molecule has 1 atom stereocenters. The van der Waals surface area contributed by atoms with E-state index in [1.807, 2.05) is 0 Å². The van der Waals surface area contributed by atoms with Crippen molar-refractivity contribution in [1.29, 1.82) is 0 Å². The normalized spacial score (nSPS) is 22.1. The van der Waals surface area contributed by atoms with Crippen LogP contribution >= 0.6 is 15.9 Å². The number of halogens is 4. The van der Waals surface area contributed by atoms with Crippen molar-refractivity contribution in [1.82, 2.24) is 0 Å². The van der Waals surface area contributed by atoms with E-state index < -0.39 is 11.7 Å². The Labute approximate surface area is 112 Å². The first-order valence-electron chi connectivity index (χ1n) is 5.73. The van der Waals surface area contributed by atoms with E-state index in [1.165, 1.54) is 12.1 Å². The number of rotatable bonds is 3. The van der Waals surface area contributed by atoms with Gasteiger partial charge in [-0.1, -0.05) is 15.9 Å². The van der Waals surface area contributed by atoms with Gasteiger partial charge in [0.05, 0.1) is 0 Å². The molecule has 1 aliphatic rings. The van der Waals surface area contributed by atoms with E-state index in [-0.39, 0.29) is 36.5 Å². The zero-order chi connectivity index (χ0) is 13.3. The Morgan fingerprint density at radius 2 is 2.17 bits per heavy atom.